The number of hydrogen-bond acceptors (Lipinski definition) is 8. The number of ether oxygens (including phenoxy) is 1. The fraction of sp³-hybridized carbons (Fsp3) is 0.0833. The maximum Gasteiger partial charge on any atom is 0.411 e. The molecule has 0 bridgehead atoms. The molecule has 0 saturated heterocycles. The van der Waals surface area contributed by atoms with Gasteiger partial charge in [0.25, 0.3) is 11.8 Å². The van der Waals surface area contributed by atoms with Gasteiger partial charge in [-0.15, -0.1) is 0 Å². The molecule has 0 fully saturated rings. The van der Waals surface area contributed by atoms with E-state index in [1.54, 1.807) is 68.7 Å². The highest BCUT2D eigenvalue weighted by atomic mass is 16.6. The second-order valence-electron chi connectivity index (χ2n) is 7.37. The number of rotatable bonds is 5. The molecule has 2 aromatic carbocycles. The molecule has 2 N–H and O–H groups in total. The number of hydrogen-bond donors (Lipinski definition) is 1. The van der Waals surface area contributed by atoms with E-state index >= 15 is 0 Å². The summed E-state index contributed by atoms with van der Waals surface area (Å²) in [6, 6.07) is 17.3. The monoisotopic (exact) mass is 454 g/mol. The summed E-state index contributed by atoms with van der Waals surface area (Å²) in [5, 5.41) is 13.0. The summed E-state index contributed by atoms with van der Waals surface area (Å²) in [6.45, 7) is 0. The van der Waals surface area contributed by atoms with E-state index in [1.165, 1.54) is 11.1 Å². The van der Waals surface area contributed by atoms with E-state index < -0.39 is 6.09 Å². The Morgan fingerprint density at radius 2 is 1.68 bits per heavy atom. The first-order chi connectivity index (χ1) is 16.4. The smallest absolute Gasteiger partial charge is 0.389 e. The van der Waals surface area contributed by atoms with Crippen LogP contribution in [0.1, 0.15) is 15.9 Å². The molecule has 0 radical (unpaired) electrons. The van der Waals surface area contributed by atoms with Crippen molar-refractivity contribution in [1.29, 1.82) is 5.26 Å². The summed E-state index contributed by atoms with van der Waals surface area (Å²) in [4.78, 5) is 33.7. The zero-order chi connectivity index (χ0) is 24.2. The lowest BCUT2D eigenvalue weighted by molar-refractivity contribution is 0.0827. The largest absolute Gasteiger partial charge is 0.411 e. The standard InChI is InChI=1S/C24H18N6O4/c1-30(2)23(31)17-9-7-16(8-10-17)19-13-27-22(33-24(26)32)21(28-19)20-11-18(29-34-20)15-5-3-14(12-25)4-6-15/h3-11,13H,1-2H3,(H2,26,32). The second kappa shape index (κ2) is 9.22. The summed E-state index contributed by atoms with van der Waals surface area (Å²) in [6.07, 6.45) is 0.365. The Bertz CT molecular complexity index is 1400. The van der Waals surface area contributed by atoms with Gasteiger partial charge < -0.3 is 19.9 Å². The van der Waals surface area contributed by atoms with E-state index in [1.807, 2.05) is 0 Å². The lowest BCUT2D eigenvalue weighted by Crippen LogP contribution is -2.21. The fourth-order valence-corrected chi connectivity index (χ4v) is 3.13. The third kappa shape index (κ3) is 4.58. The molecule has 2 heterocycles. The molecule has 0 aliphatic rings. The Morgan fingerprint density at radius 3 is 2.29 bits per heavy atom. The van der Waals surface area contributed by atoms with Crippen LogP contribution < -0.4 is 10.5 Å². The van der Waals surface area contributed by atoms with Gasteiger partial charge in [-0.25, -0.2) is 14.8 Å². The highest BCUT2D eigenvalue weighted by Gasteiger charge is 2.20. The van der Waals surface area contributed by atoms with Gasteiger partial charge in [0, 0.05) is 36.9 Å². The van der Waals surface area contributed by atoms with Crippen LogP contribution in [0.15, 0.2) is 65.3 Å². The average Bonchev–Trinajstić information content (AvgIpc) is 3.34. The Kier molecular flexibility index (Phi) is 6.01. The van der Waals surface area contributed by atoms with Crippen LogP contribution in [0.25, 0.3) is 34.0 Å². The maximum atomic E-state index is 12.1. The lowest BCUT2D eigenvalue weighted by Gasteiger charge is -2.11. The minimum atomic E-state index is -1.05. The first-order valence-electron chi connectivity index (χ1n) is 9.99. The number of carbonyl (C=O) groups is 2. The molecule has 168 valence electrons. The van der Waals surface area contributed by atoms with Crippen molar-refractivity contribution in [2.45, 2.75) is 0 Å². The molecule has 0 atom stereocenters. The van der Waals surface area contributed by atoms with Crippen molar-refractivity contribution in [1.82, 2.24) is 20.0 Å². The van der Waals surface area contributed by atoms with E-state index in [9.17, 15) is 9.59 Å². The lowest BCUT2D eigenvalue weighted by atomic mass is 10.1. The minimum absolute atomic E-state index is 0.122. The van der Waals surface area contributed by atoms with Crippen LogP contribution in [0.4, 0.5) is 4.79 Å². The van der Waals surface area contributed by atoms with Gasteiger partial charge in [0.15, 0.2) is 11.5 Å². The molecule has 0 spiro atoms. The van der Waals surface area contributed by atoms with E-state index in [0.717, 1.165) is 5.56 Å². The zero-order valence-electron chi connectivity index (χ0n) is 18.2. The van der Waals surface area contributed by atoms with Crippen molar-refractivity contribution in [2.75, 3.05) is 14.1 Å². The number of benzene rings is 2. The number of amides is 2. The van der Waals surface area contributed by atoms with Crippen LogP contribution in [-0.4, -0.2) is 46.1 Å². The molecule has 0 aliphatic carbocycles. The van der Waals surface area contributed by atoms with Crippen LogP contribution >= 0.6 is 0 Å². The second-order valence-corrected chi connectivity index (χ2v) is 7.37. The molecule has 0 aliphatic heterocycles. The number of primary amides is 1. The van der Waals surface area contributed by atoms with Gasteiger partial charge >= 0.3 is 6.09 Å². The Labute approximate surface area is 194 Å². The van der Waals surface area contributed by atoms with Crippen molar-refractivity contribution >= 4 is 12.0 Å². The predicted molar refractivity (Wildman–Crippen MR) is 121 cm³/mol. The molecule has 2 aromatic heterocycles. The fourth-order valence-electron chi connectivity index (χ4n) is 3.13. The minimum Gasteiger partial charge on any atom is -0.389 e. The van der Waals surface area contributed by atoms with Crippen molar-refractivity contribution in [2.24, 2.45) is 5.73 Å². The van der Waals surface area contributed by atoms with Crippen LogP contribution in [0.3, 0.4) is 0 Å². The van der Waals surface area contributed by atoms with Crippen LogP contribution in [0, 0.1) is 11.3 Å². The average molecular weight is 454 g/mol. The van der Waals surface area contributed by atoms with E-state index in [0.29, 0.717) is 28.1 Å². The SMILES string of the molecule is CN(C)C(=O)c1ccc(-c2cnc(OC(N)=O)c(-c3cc(-c4ccc(C#N)cc4)no3)n2)cc1. The molecule has 2 amide bonds. The molecular formula is C24H18N6O4. The molecule has 4 rings (SSSR count). The Balaban J connectivity index is 1.72. The number of nitriles is 1. The number of nitrogens with two attached hydrogens (primary N) is 1. The molecule has 0 unspecified atom stereocenters. The van der Waals surface area contributed by atoms with Crippen molar-refractivity contribution < 1.29 is 18.8 Å². The van der Waals surface area contributed by atoms with Gasteiger partial charge in [0.05, 0.1) is 23.5 Å². The Hall–Kier alpha value is -5.04. The van der Waals surface area contributed by atoms with Gasteiger partial charge in [-0.1, -0.05) is 29.4 Å². The summed E-state index contributed by atoms with van der Waals surface area (Å²) in [5.41, 5.74) is 8.68. The van der Waals surface area contributed by atoms with E-state index in [2.05, 4.69) is 21.2 Å². The van der Waals surface area contributed by atoms with Crippen LogP contribution in [-0.2, 0) is 0 Å². The van der Waals surface area contributed by atoms with Crippen LogP contribution in [0.2, 0.25) is 0 Å². The third-order valence-corrected chi connectivity index (χ3v) is 4.82. The number of nitrogens with zero attached hydrogens (tertiary/aromatic N) is 5. The van der Waals surface area contributed by atoms with Crippen molar-refractivity contribution in [3.05, 3.63) is 71.9 Å². The van der Waals surface area contributed by atoms with Crippen LogP contribution in [0.5, 0.6) is 5.88 Å². The van der Waals surface area contributed by atoms with Gasteiger partial charge in [-0.2, -0.15) is 5.26 Å². The number of carbonyl (C=O) groups excluding carboxylic acids is 2. The zero-order valence-corrected chi connectivity index (χ0v) is 18.2. The normalized spacial score (nSPS) is 10.4. The molecule has 4 aromatic rings. The molecule has 10 nitrogen and oxygen atoms in total. The van der Waals surface area contributed by atoms with Crippen molar-refractivity contribution in [3.63, 3.8) is 0 Å². The van der Waals surface area contributed by atoms with Gasteiger partial charge in [0.1, 0.15) is 5.69 Å². The summed E-state index contributed by atoms with van der Waals surface area (Å²) in [7, 11) is 3.35. The highest BCUT2D eigenvalue weighted by molar-refractivity contribution is 5.94. The highest BCUT2D eigenvalue weighted by Crippen LogP contribution is 2.32. The van der Waals surface area contributed by atoms with E-state index in [-0.39, 0.29) is 23.2 Å². The summed E-state index contributed by atoms with van der Waals surface area (Å²) in [5.74, 6) is -0.0666. The first-order valence-corrected chi connectivity index (χ1v) is 9.99. The summed E-state index contributed by atoms with van der Waals surface area (Å²) >= 11 is 0. The molecular weight excluding hydrogens is 436 g/mol. The molecule has 10 heteroatoms. The maximum absolute atomic E-state index is 12.1. The topological polar surface area (TPSA) is 148 Å². The first kappa shape index (κ1) is 22.2. The van der Waals surface area contributed by atoms with E-state index in [4.69, 9.17) is 20.3 Å². The van der Waals surface area contributed by atoms with Crippen molar-refractivity contribution in [3.8, 4) is 45.9 Å². The quantitative estimate of drug-likeness (QED) is 0.482. The van der Waals surface area contributed by atoms with Gasteiger partial charge in [-0.05, 0) is 24.3 Å². The van der Waals surface area contributed by atoms with Gasteiger partial charge in [-0.3, -0.25) is 4.79 Å². The predicted octanol–water partition coefficient (Wildman–Crippen LogP) is 3.50. The Morgan fingerprint density at radius 1 is 1.03 bits per heavy atom. The summed E-state index contributed by atoms with van der Waals surface area (Å²) < 4.78 is 10.5. The molecule has 0 saturated carbocycles. The molecule has 34 heavy (non-hydrogen) atoms. The third-order valence-electron chi connectivity index (χ3n) is 4.82. The van der Waals surface area contributed by atoms with Gasteiger partial charge in [0.2, 0.25) is 0 Å². The number of aromatic nitrogens is 3.